The monoisotopic (exact) mass is 428 g/mol. The Morgan fingerprint density at radius 1 is 0.652 bits per heavy atom. The summed E-state index contributed by atoms with van der Waals surface area (Å²) in [6.45, 7) is 0. The van der Waals surface area contributed by atoms with Crippen LogP contribution >= 0.6 is 27.7 Å². The smallest absolute Gasteiger partial charge is 0.377 e. The van der Waals surface area contributed by atoms with E-state index < -0.39 is 8.80 Å². The number of unbranched alkanes of at least 4 members (excludes halogenated alkanes) is 8. The first kappa shape index (κ1) is 23.9. The molecule has 0 aromatic heterocycles. The van der Waals surface area contributed by atoms with Crippen molar-refractivity contribution in [2.75, 3.05) is 38.2 Å². The highest BCUT2D eigenvalue weighted by atomic mass is 79.9. The first-order valence-electron chi connectivity index (χ1n) is 9.04. The van der Waals surface area contributed by atoms with Crippen LogP contribution in [0.5, 0.6) is 0 Å². The van der Waals surface area contributed by atoms with E-state index in [1.165, 1.54) is 69.3 Å². The molecule has 0 unspecified atom stereocenters. The van der Waals surface area contributed by atoms with Gasteiger partial charge < -0.3 is 13.3 Å². The van der Waals surface area contributed by atoms with E-state index in [-0.39, 0.29) is 0 Å². The van der Waals surface area contributed by atoms with E-state index in [9.17, 15) is 0 Å². The maximum Gasteiger partial charge on any atom is 0.500 e. The van der Waals surface area contributed by atoms with E-state index in [1.54, 1.807) is 21.3 Å². The summed E-state index contributed by atoms with van der Waals surface area (Å²) in [4.78, 5) is 0. The van der Waals surface area contributed by atoms with Gasteiger partial charge >= 0.3 is 8.80 Å². The SMILES string of the molecule is CO[Si](CCCSCCCCCCCCCCCBr)(OC)OC. The van der Waals surface area contributed by atoms with Crippen molar-refractivity contribution >= 4 is 36.5 Å². The minimum Gasteiger partial charge on any atom is -0.377 e. The van der Waals surface area contributed by atoms with Gasteiger partial charge in [-0.1, -0.05) is 60.9 Å². The molecule has 0 radical (unpaired) electrons. The Bertz CT molecular complexity index is 236. The van der Waals surface area contributed by atoms with Gasteiger partial charge in [-0.3, -0.25) is 0 Å². The molecule has 0 spiro atoms. The van der Waals surface area contributed by atoms with Crippen LogP contribution in [0, 0.1) is 0 Å². The number of hydrogen-bond acceptors (Lipinski definition) is 4. The molecular formula is C17H37BrO3SSi. The lowest BCUT2D eigenvalue weighted by molar-refractivity contribution is 0.123. The zero-order chi connectivity index (χ0) is 17.2. The topological polar surface area (TPSA) is 27.7 Å². The predicted molar refractivity (Wildman–Crippen MR) is 109 cm³/mol. The van der Waals surface area contributed by atoms with Crippen LogP contribution in [0.4, 0.5) is 0 Å². The van der Waals surface area contributed by atoms with E-state index in [0.717, 1.165) is 17.8 Å². The molecule has 0 N–H and O–H groups in total. The highest BCUT2D eigenvalue weighted by Crippen LogP contribution is 2.18. The molecule has 0 bridgehead atoms. The predicted octanol–water partition coefficient (Wildman–Crippen LogP) is 5.89. The maximum absolute atomic E-state index is 5.43. The number of hydrogen-bond donors (Lipinski definition) is 0. The summed E-state index contributed by atoms with van der Waals surface area (Å²) in [5, 5.41) is 1.16. The van der Waals surface area contributed by atoms with Crippen molar-refractivity contribution in [1.29, 1.82) is 0 Å². The second-order valence-corrected chi connectivity index (χ2v) is 11.0. The molecule has 6 heteroatoms. The van der Waals surface area contributed by atoms with Gasteiger partial charge in [0.1, 0.15) is 0 Å². The summed E-state index contributed by atoms with van der Waals surface area (Å²) in [6, 6.07) is 0.915. The number of halogens is 1. The van der Waals surface area contributed by atoms with Crippen molar-refractivity contribution in [3.8, 4) is 0 Å². The van der Waals surface area contributed by atoms with Crippen LogP contribution in [0.15, 0.2) is 0 Å². The van der Waals surface area contributed by atoms with Gasteiger partial charge in [-0.05, 0) is 30.8 Å². The highest BCUT2D eigenvalue weighted by molar-refractivity contribution is 9.09. The summed E-state index contributed by atoms with van der Waals surface area (Å²) in [5.41, 5.74) is 0. The Kier molecular flexibility index (Phi) is 18.5. The minimum atomic E-state index is -2.34. The normalized spacial score (nSPS) is 12.0. The van der Waals surface area contributed by atoms with Gasteiger partial charge in [0.15, 0.2) is 0 Å². The Morgan fingerprint density at radius 3 is 1.57 bits per heavy atom. The molecule has 0 amide bonds. The summed E-state index contributed by atoms with van der Waals surface area (Å²) in [6.07, 6.45) is 13.7. The zero-order valence-electron chi connectivity index (χ0n) is 15.4. The van der Waals surface area contributed by atoms with Crippen molar-refractivity contribution in [2.45, 2.75) is 70.3 Å². The Balaban J connectivity index is 3.25. The van der Waals surface area contributed by atoms with E-state index in [4.69, 9.17) is 13.3 Å². The molecule has 0 aromatic carbocycles. The second kappa shape index (κ2) is 17.7. The summed E-state index contributed by atoms with van der Waals surface area (Å²) in [5.74, 6) is 2.46. The second-order valence-electron chi connectivity index (χ2n) is 5.88. The maximum atomic E-state index is 5.43. The summed E-state index contributed by atoms with van der Waals surface area (Å²) < 4.78 is 16.3. The van der Waals surface area contributed by atoms with Crippen LogP contribution in [0.1, 0.15) is 64.2 Å². The lowest BCUT2D eigenvalue weighted by Gasteiger charge is -2.24. The third-order valence-corrected chi connectivity index (χ3v) is 8.67. The quantitative estimate of drug-likeness (QED) is 0.154. The molecular weight excluding hydrogens is 392 g/mol. The fraction of sp³-hybridized carbons (Fsp3) is 1.00. The standard InChI is InChI=1S/C17H37BrO3SSi/c1-19-23(20-2,21-3)17-13-16-22-15-12-10-8-6-4-5-7-9-11-14-18/h4-17H2,1-3H3. The number of rotatable bonds is 18. The Labute approximate surface area is 158 Å². The highest BCUT2D eigenvalue weighted by Gasteiger charge is 2.36. The van der Waals surface area contributed by atoms with Crippen molar-refractivity contribution in [3.63, 3.8) is 0 Å². The average Bonchev–Trinajstić information content (AvgIpc) is 2.59. The largest absolute Gasteiger partial charge is 0.500 e. The third-order valence-electron chi connectivity index (χ3n) is 4.13. The molecule has 0 saturated carbocycles. The first-order valence-corrected chi connectivity index (χ1v) is 13.2. The van der Waals surface area contributed by atoms with Crippen molar-refractivity contribution in [1.82, 2.24) is 0 Å². The van der Waals surface area contributed by atoms with E-state index in [1.807, 2.05) is 0 Å². The van der Waals surface area contributed by atoms with Crippen molar-refractivity contribution in [2.24, 2.45) is 0 Å². The first-order chi connectivity index (χ1) is 11.2. The van der Waals surface area contributed by atoms with Gasteiger partial charge in [0, 0.05) is 32.7 Å². The van der Waals surface area contributed by atoms with Crippen LogP contribution < -0.4 is 0 Å². The molecule has 140 valence electrons. The van der Waals surface area contributed by atoms with Crippen LogP contribution in [0.3, 0.4) is 0 Å². The fourth-order valence-corrected chi connectivity index (χ4v) is 5.92. The van der Waals surface area contributed by atoms with Gasteiger partial charge in [0.25, 0.3) is 0 Å². The van der Waals surface area contributed by atoms with Gasteiger partial charge in [-0.15, -0.1) is 0 Å². The van der Waals surface area contributed by atoms with Crippen LogP contribution in [-0.2, 0) is 13.3 Å². The third kappa shape index (κ3) is 13.8. The molecule has 0 aliphatic heterocycles. The van der Waals surface area contributed by atoms with E-state index >= 15 is 0 Å². The van der Waals surface area contributed by atoms with Crippen LogP contribution in [0.2, 0.25) is 6.04 Å². The van der Waals surface area contributed by atoms with Crippen molar-refractivity contribution in [3.05, 3.63) is 0 Å². The molecule has 0 saturated heterocycles. The molecule has 0 rings (SSSR count). The molecule has 0 atom stereocenters. The van der Waals surface area contributed by atoms with E-state index in [2.05, 4.69) is 27.7 Å². The van der Waals surface area contributed by atoms with Gasteiger partial charge in [-0.25, -0.2) is 0 Å². The average molecular weight is 430 g/mol. The molecule has 0 aromatic rings. The fourth-order valence-electron chi connectivity index (χ4n) is 2.59. The van der Waals surface area contributed by atoms with Crippen LogP contribution in [0.25, 0.3) is 0 Å². The van der Waals surface area contributed by atoms with Gasteiger partial charge in [0.2, 0.25) is 0 Å². The summed E-state index contributed by atoms with van der Waals surface area (Å²) >= 11 is 5.54. The number of alkyl halides is 1. The lowest BCUT2D eigenvalue weighted by Crippen LogP contribution is -2.42. The summed E-state index contributed by atoms with van der Waals surface area (Å²) in [7, 11) is 2.73. The lowest BCUT2D eigenvalue weighted by atomic mass is 10.1. The molecule has 0 heterocycles. The minimum absolute atomic E-state index is 0.915. The van der Waals surface area contributed by atoms with Crippen LogP contribution in [-0.4, -0.2) is 47.0 Å². The molecule has 0 aliphatic carbocycles. The Morgan fingerprint density at radius 2 is 1.09 bits per heavy atom. The molecule has 23 heavy (non-hydrogen) atoms. The van der Waals surface area contributed by atoms with Crippen molar-refractivity contribution < 1.29 is 13.3 Å². The molecule has 0 aliphatic rings. The Hall–Kier alpha value is 0.927. The zero-order valence-corrected chi connectivity index (χ0v) is 18.8. The molecule has 3 nitrogen and oxygen atoms in total. The molecule has 0 fully saturated rings. The number of thioether (sulfide) groups is 1. The van der Waals surface area contributed by atoms with Gasteiger partial charge in [-0.2, -0.15) is 11.8 Å². The van der Waals surface area contributed by atoms with Gasteiger partial charge in [0.05, 0.1) is 0 Å². The van der Waals surface area contributed by atoms with E-state index in [0.29, 0.717) is 0 Å².